The van der Waals surface area contributed by atoms with Gasteiger partial charge in [-0.2, -0.15) is 0 Å². The molecule has 0 N–H and O–H groups in total. The van der Waals surface area contributed by atoms with E-state index in [1.165, 1.54) is 19.1 Å². The van der Waals surface area contributed by atoms with E-state index in [-0.39, 0.29) is 24.2 Å². The standard InChI is InChI=1S/C14H18N2O5/c1-10(17)15-12(9-21-14(15,2)3)8-20-13-6-4-5-11(7-13)16(18)19/h4-7,12H,8-9H2,1-3H3/t12-/m1/s1. The highest BCUT2D eigenvalue weighted by Crippen LogP contribution is 2.28. The highest BCUT2D eigenvalue weighted by Gasteiger charge is 2.42. The molecule has 0 bridgehead atoms. The second kappa shape index (κ2) is 5.69. The number of rotatable bonds is 4. The smallest absolute Gasteiger partial charge is 0.273 e. The number of nitrogens with zero attached hydrogens (tertiary/aromatic N) is 2. The van der Waals surface area contributed by atoms with E-state index in [9.17, 15) is 14.9 Å². The predicted molar refractivity (Wildman–Crippen MR) is 74.9 cm³/mol. The van der Waals surface area contributed by atoms with Gasteiger partial charge in [-0.3, -0.25) is 14.9 Å². The number of amides is 1. The summed E-state index contributed by atoms with van der Waals surface area (Å²) < 4.78 is 11.2. The fraction of sp³-hybridized carbons (Fsp3) is 0.500. The highest BCUT2D eigenvalue weighted by atomic mass is 16.6. The minimum absolute atomic E-state index is 0.0288. The Kier molecular flexibility index (Phi) is 4.13. The first-order valence-electron chi connectivity index (χ1n) is 6.62. The third-order valence-electron chi connectivity index (χ3n) is 3.38. The van der Waals surface area contributed by atoms with Gasteiger partial charge in [0.1, 0.15) is 18.1 Å². The van der Waals surface area contributed by atoms with Gasteiger partial charge in [0.2, 0.25) is 5.91 Å². The molecule has 1 aromatic carbocycles. The minimum atomic E-state index is -0.664. The van der Waals surface area contributed by atoms with Crippen LogP contribution in [-0.4, -0.2) is 40.7 Å². The van der Waals surface area contributed by atoms with Crippen molar-refractivity contribution in [3.8, 4) is 5.75 Å². The number of benzene rings is 1. The number of carbonyl (C=O) groups is 1. The van der Waals surface area contributed by atoms with E-state index in [0.29, 0.717) is 12.4 Å². The van der Waals surface area contributed by atoms with Gasteiger partial charge >= 0.3 is 0 Å². The van der Waals surface area contributed by atoms with Crippen molar-refractivity contribution in [2.45, 2.75) is 32.5 Å². The molecule has 0 spiro atoms. The van der Waals surface area contributed by atoms with Crippen LogP contribution in [0.3, 0.4) is 0 Å². The van der Waals surface area contributed by atoms with E-state index in [1.807, 2.05) is 13.8 Å². The van der Waals surface area contributed by atoms with Gasteiger partial charge in [-0.05, 0) is 19.9 Å². The molecule has 0 aliphatic carbocycles. The van der Waals surface area contributed by atoms with Gasteiger partial charge in [0.15, 0.2) is 0 Å². The van der Waals surface area contributed by atoms with Crippen LogP contribution in [0.2, 0.25) is 0 Å². The molecule has 7 nitrogen and oxygen atoms in total. The summed E-state index contributed by atoms with van der Waals surface area (Å²) in [6.07, 6.45) is 0. The Morgan fingerprint density at radius 1 is 1.57 bits per heavy atom. The molecular formula is C14H18N2O5. The Hall–Kier alpha value is -2.15. The normalized spacial score (nSPS) is 20.3. The van der Waals surface area contributed by atoms with Crippen molar-refractivity contribution in [1.29, 1.82) is 0 Å². The maximum absolute atomic E-state index is 11.7. The number of ether oxygens (including phenoxy) is 2. The van der Waals surface area contributed by atoms with Crippen LogP contribution in [-0.2, 0) is 9.53 Å². The van der Waals surface area contributed by atoms with Crippen LogP contribution < -0.4 is 4.74 Å². The molecule has 114 valence electrons. The van der Waals surface area contributed by atoms with Crippen molar-refractivity contribution >= 4 is 11.6 Å². The van der Waals surface area contributed by atoms with Gasteiger partial charge < -0.3 is 14.4 Å². The molecule has 1 amide bonds. The first-order valence-corrected chi connectivity index (χ1v) is 6.62. The average Bonchev–Trinajstić information content (AvgIpc) is 2.71. The third kappa shape index (κ3) is 3.30. The number of hydrogen-bond donors (Lipinski definition) is 0. The lowest BCUT2D eigenvalue weighted by Crippen LogP contribution is -2.48. The topological polar surface area (TPSA) is 81.9 Å². The van der Waals surface area contributed by atoms with Crippen LogP contribution in [0.25, 0.3) is 0 Å². The van der Waals surface area contributed by atoms with Crippen LogP contribution in [0.15, 0.2) is 24.3 Å². The molecule has 0 aromatic heterocycles. The first-order chi connectivity index (χ1) is 9.81. The molecule has 1 saturated heterocycles. The van der Waals surface area contributed by atoms with Gasteiger partial charge in [0.05, 0.1) is 23.6 Å². The van der Waals surface area contributed by atoms with E-state index in [2.05, 4.69) is 0 Å². The molecule has 1 fully saturated rings. The van der Waals surface area contributed by atoms with Gasteiger partial charge in [0, 0.05) is 13.0 Å². The third-order valence-corrected chi connectivity index (χ3v) is 3.38. The van der Waals surface area contributed by atoms with Crippen molar-refractivity contribution in [1.82, 2.24) is 4.90 Å². The van der Waals surface area contributed by atoms with Crippen LogP contribution in [0.5, 0.6) is 5.75 Å². The van der Waals surface area contributed by atoms with Crippen LogP contribution in [0, 0.1) is 10.1 Å². The highest BCUT2D eigenvalue weighted by molar-refractivity contribution is 5.74. The van der Waals surface area contributed by atoms with Crippen LogP contribution >= 0.6 is 0 Å². The lowest BCUT2D eigenvalue weighted by atomic mass is 10.2. The monoisotopic (exact) mass is 294 g/mol. The summed E-state index contributed by atoms with van der Waals surface area (Å²) in [6.45, 7) is 5.73. The molecule has 0 radical (unpaired) electrons. The van der Waals surface area contributed by atoms with E-state index >= 15 is 0 Å². The van der Waals surface area contributed by atoms with E-state index in [1.54, 1.807) is 17.0 Å². The average molecular weight is 294 g/mol. The summed E-state index contributed by atoms with van der Waals surface area (Å²) in [5.74, 6) is 0.308. The largest absolute Gasteiger partial charge is 0.491 e. The summed E-state index contributed by atoms with van der Waals surface area (Å²) in [5.41, 5.74) is -0.693. The van der Waals surface area contributed by atoms with Crippen molar-refractivity contribution in [2.24, 2.45) is 0 Å². The molecule has 2 rings (SSSR count). The lowest BCUT2D eigenvalue weighted by molar-refractivity contribution is -0.384. The molecule has 21 heavy (non-hydrogen) atoms. The minimum Gasteiger partial charge on any atom is -0.491 e. The molecule has 1 aliphatic heterocycles. The van der Waals surface area contributed by atoms with Gasteiger partial charge in [0.25, 0.3) is 5.69 Å². The van der Waals surface area contributed by atoms with E-state index < -0.39 is 10.6 Å². The molecule has 0 unspecified atom stereocenters. The molecule has 1 heterocycles. The predicted octanol–water partition coefficient (Wildman–Crippen LogP) is 1.96. The van der Waals surface area contributed by atoms with E-state index in [4.69, 9.17) is 9.47 Å². The maximum Gasteiger partial charge on any atom is 0.273 e. The Bertz CT molecular complexity index is 558. The summed E-state index contributed by atoms with van der Waals surface area (Å²) in [7, 11) is 0. The molecule has 1 aromatic rings. The van der Waals surface area contributed by atoms with Crippen LogP contribution in [0.1, 0.15) is 20.8 Å². The second-order valence-corrected chi connectivity index (χ2v) is 5.37. The number of nitro groups is 1. The molecule has 7 heteroatoms. The summed E-state index contributed by atoms with van der Waals surface area (Å²) in [5, 5.41) is 10.7. The number of carbonyl (C=O) groups excluding carboxylic acids is 1. The maximum atomic E-state index is 11.7. The zero-order valence-corrected chi connectivity index (χ0v) is 12.2. The SMILES string of the molecule is CC(=O)N1[C@H](COc2cccc([N+](=O)[O-])c2)COC1(C)C. The lowest BCUT2D eigenvalue weighted by Gasteiger charge is -2.32. The van der Waals surface area contributed by atoms with Crippen molar-refractivity contribution in [3.63, 3.8) is 0 Å². The number of non-ortho nitro benzene ring substituents is 1. The Labute approximate surface area is 122 Å². The summed E-state index contributed by atoms with van der Waals surface area (Å²) in [4.78, 5) is 23.6. The van der Waals surface area contributed by atoms with Crippen LogP contribution in [0.4, 0.5) is 5.69 Å². The summed E-state index contributed by atoms with van der Waals surface area (Å²) in [6, 6.07) is 5.75. The zero-order chi connectivity index (χ0) is 15.6. The Balaban J connectivity index is 2.04. The fourth-order valence-corrected chi connectivity index (χ4v) is 2.52. The van der Waals surface area contributed by atoms with Crippen molar-refractivity contribution < 1.29 is 19.2 Å². The van der Waals surface area contributed by atoms with Gasteiger partial charge in [-0.15, -0.1) is 0 Å². The number of hydrogen-bond acceptors (Lipinski definition) is 5. The van der Waals surface area contributed by atoms with Gasteiger partial charge in [-0.25, -0.2) is 0 Å². The van der Waals surface area contributed by atoms with Crippen molar-refractivity contribution in [3.05, 3.63) is 34.4 Å². The van der Waals surface area contributed by atoms with Gasteiger partial charge in [-0.1, -0.05) is 6.07 Å². The fourth-order valence-electron chi connectivity index (χ4n) is 2.52. The Morgan fingerprint density at radius 3 is 2.90 bits per heavy atom. The quantitative estimate of drug-likeness (QED) is 0.626. The Morgan fingerprint density at radius 2 is 2.29 bits per heavy atom. The molecule has 1 aliphatic rings. The zero-order valence-electron chi connectivity index (χ0n) is 12.2. The second-order valence-electron chi connectivity index (χ2n) is 5.37. The molecule has 0 saturated carbocycles. The number of nitro benzene ring substituents is 1. The molecule has 1 atom stereocenters. The first kappa shape index (κ1) is 15.2. The van der Waals surface area contributed by atoms with E-state index in [0.717, 1.165) is 0 Å². The van der Waals surface area contributed by atoms with Crippen molar-refractivity contribution in [2.75, 3.05) is 13.2 Å². The summed E-state index contributed by atoms with van der Waals surface area (Å²) >= 11 is 0. The molecular weight excluding hydrogens is 276 g/mol.